The molecule has 1 N–H and O–H groups in total. The van der Waals surface area contributed by atoms with Crippen LogP contribution in [0.3, 0.4) is 0 Å². The molecule has 0 radical (unpaired) electrons. The van der Waals surface area contributed by atoms with Crippen LogP contribution in [0.15, 0.2) is 24.3 Å². The van der Waals surface area contributed by atoms with Gasteiger partial charge in [0, 0.05) is 30.6 Å². The van der Waals surface area contributed by atoms with Gasteiger partial charge in [-0.15, -0.1) is 0 Å². The molecule has 0 aromatic heterocycles. The highest BCUT2D eigenvalue weighted by molar-refractivity contribution is 5.94. The molecule has 1 saturated carbocycles. The summed E-state index contributed by atoms with van der Waals surface area (Å²) in [7, 11) is 0. The van der Waals surface area contributed by atoms with Crippen molar-refractivity contribution in [1.82, 2.24) is 10.2 Å². The van der Waals surface area contributed by atoms with E-state index in [1.807, 2.05) is 0 Å². The Labute approximate surface area is 148 Å². The molecule has 1 aliphatic carbocycles. The third-order valence-electron chi connectivity index (χ3n) is 5.61. The molecule has 2 fully saturated rings. The van der Waals surface area contributed by atoms with Gasteiger partial charge in [0.2, 0.25) is 5.91 Å². The Hall–Kier alpha value is -1.91. The molecule has 1 aromatic rings. The summed E-state index contributed by atoms with van der Waals surface area (Å²) in [6, 6.07) is 5.96. The smallest absolute Gasteiger partial charge is 0.253 e. The number of benzene rings is 1. The maximum atomic E-state index is 13.0. The van der Waals surface area contributed by atoms with Crippen molar-refractivity contribution in [3.05, 3.63) is 35.6 Å². The number of carbonyl (C=O) groups is 2. The zero-order valence-corrected chi connectivity index (χ0v) is 14.8. The van der Waals surface area contributed by atoms with Gasteiger partial charge in [0.25, 0.3) is 5.91 Å². The lowest BCUT2D eigenvalue weighted by Gasteiger charge is -2.33. The molecule has 1 heterocycles. The Balaban J connectivity index is 1.47. The maximum absolute atomic E-state index is 13.0. The van der Waals surface area contributed by atoms with Crippen molar-refractivity contribution in [3.8, 4) is 0 Å². The standard InChI is InChI=1S/C20H27FN2O2/c1-14-2-8-18(9-3-14)22-19(24)15-10-12-23(13-11-15)20(25)16-4-6-17(21)7-5-16/h4-7,14-15,18H,2-3,8-13H2,1H3,(H,22,24). The predicted octanol–water partition coefficient (Wildman–Crippen LogP) is 3.37. The van der Waals surface area contributed by atoms with E-state index in [2.05, 4.69) is 12.2 Å². The summed E-state index contributed by atoms with van der Waals surface area (Å²) in [4.78, 5) is 26.7. The minimum absolute atomic E-state index is 0.00313. The molecule has 5 heteroatoms. The molecule has 2 aliphatic rings. The van der Waals surface area contributed by atoms with E-state index in [0.29, 0.717) is 37.5 Å². The first-order valence-corrected chi connectivity index (χ1v) is 9.38. The van der Waals surface area contributed by atoms with E-state index in [9.17, 15) is 14.0 Å². The number of carbonyl (C=O) groups excluding carboxylic acids is 2. The van der Waals surface area contributed by atoms with Crippen molar-refractivity contribution in [3.63, 3.8) is 0 Å². The third-order valence-corrected chi connectivity index (χ3v) is 5.61. The van der Waals surface area contributed by atoms with Gasteiger partial charge in [0.05, 0.1) is 0 Å². The van der Waals surface area contributed by atoms with Gasteiger partial charge < -0.3 is 10.2 Å². The van der Waals surface area contributed by atoms with Crippen LogP contribution in [0.25, 0.3) is 0 Å². The Morgan fingerprint density at radius 2 is 1.60 bits per heavy atom. The summed E-state index contributed by atoms with van der Waals surface area (Å²) in [6.45, 7) is 3.43. The fraction of sp³-hybridized carbons (Fsp3) is 0.600. The van der Waals surface area contributed by atoms with Crippen LogP contribution < -0.4 is 5.32 Å². The predicted molar refractivity (Wildman–Crippen MR) is 94.6 cm³/mol. The van der Waals surface area contributed by atoms with Crippen molar-refractivity contribution in [1.29, 1.82) is 0 Å². The van der Waals surface area contributed by atoms with Gasteiger partial charge >= 0.3 is 0 Å². The molecule has 1 aromatic carbocycles. The van der Waals surface area contributed by atoms with Gasteiger partial charge in [-0.25, -0.2) is 4.39 Å². The number of nitrogens with one attached hydrogen (secondary N) is 1. The topological polar surface area (TPSA) is 49.4 Å². The van der Waals surface area contributed by atoms with Crippen molar-refractivity contribution < 1.29 is 14.0 Å². The second kappa shape index (κ2) is 7.98. The molecule has 0 atom stereocenters. The van der Waals surface area contributed by atoms with Crippen LogP contribution in [-0.2, 0) is 4.79 Å². The number of hydrogen-bond acceptors (Lipinski definition) is 2. The number of nitrogens with zero attached hydrogens (tertiary/aromatic N) is 1. The first kappa shape index (κ1) is 17.9. The fourth-order valence-electron chi connectivity index (χ4n) is 3.84. The monoisotopic (exact) mass is 346 g/mol. The normalized spacial score (nSPS) is 24.8. The first-order valence-electron chi connectivity index (χ1n) is 9.38. The van der Waals surface area contributed by atoms with E-state index >= 15 is 0 Å². The summed E-state index contributed by atoms with van der Waals surface area (Å²) in [5, 5.41) is 3.21. The zero-order chi connectivity index (χ0) is 17.8. The molecule has 136 valence electrons. The second-order valence-electron chi connectivity index (χ2n) is 7.54. The van der Waals surface area contributed by atoms with E-state index in [1.54, 1.807) is 4.90 Å². The first-order chi connectivity index (χ1) is 12.0. The van der Waals surface area contributed by atoms with Gasteiger partial charge in [-0.05, 0) is 68.7 Å². The van der Waals surface area contributed by atoms with Crippen LogP contribution in [0, 0.1) is 17.7 Å². The summed E-state index contributed by atoms with van der Waals surface area (Å²) >= 11 is 0. The van der Waals surface area contributed by atoms with Gasteiger partial charge in [-0.3, -0.25) is 9.59 Å². The average molecular weight is 346 g/mol. The second-order valence-corrected chi connectivity index (χ2v) is 7.54. The van der Waals surface area contributed by atoms with Crippen molar-refractivity contribution in [2.24, 2.45) is 11.8 Å². The lowest BCUT2D eigenvalue weighted by molar-refractivity contribution is -0.127. The van der Waals surface area contributed by atoms with Gasteiger partial charge in [0.15, 0.2) is 0 Å². The van der Waals surface area contributed by atoms with E-state index in [-0.39, 0.29) is 23.5 Å². The molecule has 1 saturated heterocycles. The highest BCUT2D eigenvalue weighted by atomic mass is 19.1. The summed E-state index contributed by atoms with van der Waals surface area (Å²) in [6.07, 6.45) is 5.93. The fourth-order valence-corrected chi connectivity index (χ4v) is 3.84. The van der Waals surface area contributed by atoms with E-state index in [1.165, 1.54) is 37.1 Å². The van der Waals surface area contributed by atoms with E-state index in [4.69, 9.17) is 0 Å². The van der Waals surface area contributed by atoms with Gasteiger partial charge in [-0.1, -0.05) is 6.92 Å². The van der Waals surface area contributed by atoms with Crippen molar-refractivity contribution >= 4 is 11.8 Å². The largest absolute Gasteiger partial charge is 0.353 e. The lowest BCUT2D eigenvalue weighted by atomic mass is 9.86. The summed E-state index contributed by atoms with van der Waals surface area (Å²) < 4.78 is 13.0. The van der Waals surface area contributed by atoms with Crippen molar-refractivity contribution in [2.45, 2.75) is 51.5 Å². The minimum Gasteiger partial charge on any atom is -0.353 e. The molecule has 0 spiro atoms. The lowest BCUT2D eigenvalue weighted by Crippen LogP contribution is -2.46. The van der Waals surface area contributed by atoms with E-state index in [0.717, 1.165) is 18.8 Å². The van der Waals surface area contributed by atoms with Gasteiger partial charge in [0.1, 0.15) is 5.82 Å². The van der Waals surface area contributed by atoms with E-state index < -0.39 is 0 Å². The Morgan fingerprint density at radius 1 is 1.00 bits per heavy atom. The molecule has 3 rings (SSSR count). The third kappa shape index (κ3) is 4.59. The Bertz CT molecular complexity index is 601. The maximum Gasteiger partial charge on any atom is 0.253 e. The molecule has 1 aliphatic heterocycles. The van der Waals surface area contributed by atoms with Crippen LogP contribution in [0.5, 0.6) is 0 Å². The SMILES string of the molecule is CC1CCC(NC(=O)C2CCN(C(=O)c3ccc(F)cc3)CC2)CC1. The Morgan fingerprint density at radius 3 is 2.20 bits per heavy atom. The molecule has 0 bridgehead atoms. The minimum atomic E-state index is -0.343. The number of hydrogen-bond donors (Lipinski definition) is 1. The molecule has 25 heavy (non-hydrogen) atoms. The number of halogens is 1. The molecule has 4 nitrogen and oxygen atoms in total. The summed E-state index contributed by atoms with van der Waals surface area (Å²) in [5.74, 6) is 0.489. The number of amides is 2. The Kier molecular flexibility index (Phi) is 5.71. The van der Waals surface area contributed by atoms with Crippen LogP contribution in [0.4, 0.5) is 4.39 Å². The molecule has 2 amide bonds. The summed E-state index contributed by atoms with van der Waals surface area (Å²) in [5.41, 5.74) is 0.501. The highest BCUT2D eigenvalue weighted by Crippen LogP contribution is 2.25. The number of rotatable bonds is 3. The van der Waals surface area contributed by atoms with Crippen LogP contribution in [-0.4, -0.2) is 35.8 Å². The van der Waals surface area contributed by atoms with Gasteiger partial charge in [-0.2, -0.15) is 0 Å². The van der Waals surface area contributed by atoms with Crippen LogP contribution >= 0.6 is 0 Å². The highest BCUT2D eigenvalue weighted by Gasteiger charge is 2.29. The number of likely N-dealkylation sites (tertiary alicyclic amines) is 1. The zero-order valence-electron chi connectivity index (χ0n) is 14.8. The van der Waals surface area contributed by atoms with Crippen molar-refractivity contribution in [2.75, 3.05) is 13.1 Å². The molecule has 0 unspecified atom stereocenters. The average Bonchev–Trinajstić information content (AvgIpc) is 2.64. The number of piperidine rings is 1. The van der Waals surface area contributed by atoms with Crippen LogP contribution in [0.1, 0.15) is 55.8 Å². The van der Waals surface area contributed by atoms with Crippen LogP contribution in [0.2, 0.25) is 0 Å². The quantitative estimate of drug-likeness (QED) is 0.912. The molecular weight excluding hydrogens is 319 g/mol. The molecular formula is C20H27FN2O2.